The van der Waals surface area contributed by atoms with Crippen LogP contribution in [-0.2, 0) is 6.18 Å². The van der Waals surface area contributed by atoms with E-state index in [0.717, 1.165) is 19.0 Å². The number of hydrogen-bond acceptors (Lipinski definition) is 6. The maximum absolute atomic E-state index is 14.7. The third-order valence-electron chi connectivity index (χ3n) is 6.05. The Kier molecular flexibility index (Phi) is 5.18. The fraction of sp³-hybridized carbons (Fsp3) is 0.318. The summed E-state index contributed by atoms with van der Waals surface area (Å²) >= 11 is 0. The summed E-state index contributed by atoms with van der Waals surface area (Å²) in [6, 6.07) is 5.46. The zero-order valence-electron chi connectivity index (χ0n) is 17.1. The molecule has 2 fully saturated rings. The minimum atomic E-state index is -4.56. The molecule has 2 aromatic heterocycles. The Labute approximate surface area is 185 Å². The molecule has 0 spiro atoms. The van der Waals surface area contributed by atoms with Crippen LogP contribution >= 0.6 is 0 Å². The van der Waals surface area contributed by atoms with Crippen molar-refractivity contribution >= 4 is 11.7 Å². The van der Waals surface area contributed by atoms with E-state index in [4.69, 9.17) is 0 Å². The summed E-state index contributed by atoms with van der Waals surface area (Å²) in [5, 5.41) is 3.11. The van der Waals surface area contributed by atoms with Gasteiger partial charge in [0.2, 0.25) is 0 Å². The highest BCUT2D eigenvalue weighted by Gasteiger charge is 2.47. The third-order valence-corrected chi connectivity index (χ3v) is 6.05. The number of nitrogens with one attached hydrogen (secondary N) is 1. The maximum atomic E-state index is 14.7. The molecular weight excluding hydrogens is 440 g/mol. The van der Waals surface area contributed by atoms with Gasteiger partial charge in [-0.2, -0.15) is 13.2 Å². The minimum absolute atomic E-state index is 0.0454. The number of alkyl halides is 3. The van der Waals surface area contributed by atoms with Gasteiger partial charge in [-0.05, 0) is 37.0 Å². The Morgan fingerprint density at radius 2 is 1.82 bits per heavy atom. The van der Waals surface area contributed by atoms with Crippen LogP contribution < -0.4 is 5.32 Å². The number of amides is 1. The smallest absolute Gasteiger partial charge is 0.364 e. The molecule has 1 aliphatic heterocycles. The first-order valence-electron chi connectivity index (χ1n) is 10.3. The monoisotopic (exact) mass is 458 g/mol. The first-order chi connectivity index (χ1) is 15.8. The number of fused-ring (bicyclic) bond motifs is 2. The molecule has 3 heterocycles. The molecule has 2 aliphatic rings. The van der Waals surface area contributed by atoms with Crippen molar-refractivity contribution in [2.24, 2.45) is 5.92 Å². The fourth-order valence-electron chi connectivity index (χ4n) is 4.67. The van der Waals surface area contributed by atoms with Gasteiger partial charge < -0.3 is 10.2 Å². The molecule has 0 radical (unpaired) electrons. The fourth-order valence-corrected chi connectivity index (χ4v) is 4.67. The Bertz CT molecular complexity index is 1170. The van der Waals surface area contributed by atoms with Crippen LogP contribution in [0.1, 0.15) is 28.9 Å². The molecular formula is C22H18F4N6O. The molecule has 5 rings (SSSR count). The highest BCUT2D eigenvalue weighted by atomic mass is 19.4. The Morgan fingerprint density at radius 3 is 2.48 bits per heavy atom. The second-order valence-electron chi connectivity index (χ2n) is 8.13. The topological polar surface area (TPSA) is 83.9 Å². The molecule has 170 valence electrons. The third kappa shape index (κ3) is 3.98. The normalized spacial score (nSPS) is 21.9. The van der Waals surface area contributed by atoms with Crippen molar-refractivity contribution in [3.8, 4) is 11.4 Å². The van der Waals surface area contributed by atoms with Crippen LogP contribution in [-0.4, -0.2) is 49.4 Å². The number of nitrogens with zero attached hydrogens (tertiary/aromatic N) is 5. The lowest BCUT2D eigenvalue weighted by Crippen LogP contribution is -2.48. The largest absolute Gasteiger partial charge is 0.434 e. The summed E-state index contributed by atoms with van der Waals surface area (Å²) in [5.41, 5.74) is -0.856. The van der Waals surface area contributed by atoms with E-state index in [-0.39, 0.29) is 46.7 Å². The van der Waals surface area contributed by atoms with Gasteiger partial charge in [-0.3, -0.25) is 4.79 Å². The molecule has 11 heteroatoms. The van der Waals surface area contributed by atoms with Crippen LogP contribution in [0.15, 0.2) is 49.1 Å². The quantitative estimate of drug-likeness (QED) is 0.599. The van der Waals surface area contributed by atoms with E-state index in [1.165, 1.54) is 24.5 Å². The summed E-state index contributed by atoms with van der Waals surface area (Å²) in [6.07, 6.45) is 1.60. The lowest BCUT2D eigenvalue weighted by Gasteiger charge is -2.34. The van der Waals surface area contributed by atoms with Crippen molar-refractivity contribution in [2.45, 2.75) is 31.1 Å². The van der Waals surface area contributed by atoms with Crippen molar-refractivity contribution in [1.29, 1.82) is 0 Å². The van der Waals surface area contributed by atoms with Gasteiger partial charge in [-0.1, -0.05) is 6.07 Å². The van der Waals surface area contributed by atoms with E-state index in [2.05, 4.69) is 25.3 Å². The van der Waals surface area contributed by atoms with Gasteiger partial charge in [0, 0.05) is 25.0 Å². The van der Waals surface area contributed by atoms with Crippen LogP contribution in [0, 0.1) is 11.7 Å². The predicted octanol–water partition coefficient (Wildman–Crippen LogP) is 3.81. The van der Waals surface area contributed by atoms with Gasteiger partial charge in [-0.25, -0.2) is 24.3 Å². The number of aromatic nitrogens is 4. The van der Waals surface area contributed by atoms with Crippen molar-refractivity contribution in [3.05, 3.63) is 66.1 Å². The van der Waals surface area contributed by atoms with Crippen molar-refractivity contribution in [1.82, 2.24) is 24.8 Å². The van der Waals surface area contributed by atoms with Gasteiger partial charge in [0.1, 0.15) is 11.6 Å². The standard InChI is InChI=1S/C22H18F4N6O/c23-14-4-1-3-13(19(14)20-27-5-2-6-28-20)21(33)32-11-12-7-15(16(32)8-12)31-18-10-29-17(9-30-18)22(24,25)26/h1-6,9-10,12,15-16H,7-8,11H2,(H,30,31)/t12-,15+,16-/m0/s1. The average molecular weight is 458 g/mol. The molecule has 2 bridgehead atoms. The van der Waals surface area contributed by atoms with Crippen LogP contribution in [0.25, 0.3) is 11.4 Å². The van der Waals surface area contributed by atoms with Crippen LogP contribution in [0.5, 0.6) is 0 Å². The molecule has 1 saturated heterocycles. The first kappa shape index (κ1) is 21.2. The summed E-state index contributed by atoms with van der Waals surface area (Å²) in [6.45, 7) is 0.520. The lowest BCUT2D eigenvalue weighted by molar-refractivity contribution is -0.141. The van der Waals surface area contributed by atoms with E-state index < -0.39 is 17.7 Å². The molecule has 3 aromatic rings. The predicted molar refractivity (Wildman–Crippen MR) is 109 cm³/mol. The first-order valence-corrected chi connectivity index (χ1v) is 10.3. The van der Waals surface area contributed by atoms with E-state index in [0.29, 0.717) is 12.7 Å². The zero-order chi connectivity index (χ0) is 23.2. The zero-order valence-corrected chi connectivity index (χ0v) is 17.1. The number of hydrogen-bond donors (Lipinski definition) is 1. The maximum Gasteiger partial charge on any atom is 0.434 e. The molecule has 33 heavy (non-hydrogen) atoms. The number of rotatable bonds is 4. The number of carbonyl (C=O) groups is 1. The molecule has 0 unspecified atom stereocenters. The van der Waals surface area contributed by atoms with Crippen LogP contribution in [0.3, 0.4) is 0 Å². The molecule has 1 saturated carbocycles. The average Bonchev–Trinajstić information content (AvgIpc) is 3.39. The summed E-state index contributed by atoms with van der Waals surface area (Å²) in [5.74, 6) is -0.375. The van der Waals surface area contributed by atoms with E-state index in [1.54, 1.807) is 17.0 Å². The van der Waals surface area contributed by atoms with E-state index in [1.807, 2.05) is 0 Å². The van der Waals surface area contributed by atoms with Gasteiger partial charge in [0.25, 0.3) is 5.91 Å². The van der Waals surface area contributed by atoms with Gasteiger partial charge >= 0.3 is 6.18 Å². The van der Waals surface area contributed by atoms with Gasteiger partial charge in [0.05, 0.1) is 29.6 Å². The van der Waals surface area contributed by atoms with Gasteiger partial charge in [-0.15, -0.1) is 0 Å². The minimum Gasteiger partial charge on any atom is -0.364 e. The lowest BCUT2D eigenvalue weighted by atomic mass is 10.0. The number of piperidine rings is 1. The highest BCUT2D eigenvalue weighted by molar-refractivity contribution is 6.00. The molecule has 3 atom stereocenters. The van der Waals surface area contributed by atoms with E-state index in [9.17, 15) is 22.4 Å². The molecule has 1 N–H and O–H groups in total. The number of halogens is 4. The van der Waals surface area contributed by atoms with Crippen molar-refractivity contribution in [3.63, 3.8) is 0 Å². The molecule has 7 nitrogen and oxygen atoms in total. The SMILES string of the molecule is O=C(c1cccc(F)c1-c1ncccn1)N1C[C@H]2C[C@@H](Nc3cnc(C(F)(F)F)cn3)[C@@H]1C2. The molecule has 1 amide bonds. The van der Waals surface area contributed by atoms with Crippen LogP contribution in [0.4, 0.5) is 23.4 Å². The Hall–Kier alpha value is -3.63. The highest BCUT2D eigenvalue weighted by Crippen LogP contribution is 2.40. The van der Waals surface area contributed by atoms with Gasteiger partial charge in [0.15, 0.2) is 11.5 Å². The van der Waals surface area contributed by atoms with Crippen molar-refractivity contribution in [2.75, 3.05) is 11.9 Å². The summed E-state index contributed by atoms with van der Waals surface area (Å²) < 4.78 is 52.9. The van der Waals surface area contributed by atoms with Crippen LogP contribution in [0.2, 0.25) is 0 Å². The summed E-state index contributed by atoms with van der Waals surface area (Å²) in [4.78, 5) is 30.6. The number of anilines is 1. The second-order valence-corrected chi connectivity index (χ2v) is 8.13. The summed E-state index contributed by atoms with van der Waals surface area (Å²) in [7, 11) is 0. The molecule has 1 aliphatic carbocycles. The number of benzene rings is 1. The molecule has 1 aromatic carbocycles. The van der Waals surface area contributed by atoms with E-state index >= 15 is 0 Å². The Morgan fingerprint density at radius 1 is 1.03 bits per heavy atom. The Balaban J connectivity index is 1.38. The number of carbonyl (C=O) groups excluding carboxylic acids is 1. The van der Waals surface area contributed by atoms with Crippen molar-refractivity contribution < 1.29 is 22.4 Å². The second kappa shape index (κ2) is 8.05. The number of likely N-dealkylation sites (tertiary alicyclic amines) is 1.